The topological polar surface area (TPSA) is 44.8 Å². The summed E-state index contributed by atoms with van der Waals surface area (Å²) in [5, 5.41) is 0. The second-order valence-corrected chi connectivity index (χ2v) is 8.45. The summed E-state index contributed by atoms with van der Waals surface area (Å²) in [6, 6.07) is 23.2. The number of esters is 1. The molecule has 0 saturated heterocycles. The van der Waals surface area contributed by atoms with E-state index in [0.29, 0.717) is 26.2 Å². The van der Waals surface area contributed by atoms with Crippen molar-refractivity contribution in [2.24, 2.45) is 0 Å². The molecule has 3 aromatic rings. The second kappa shape index (κ2) is 11.2. The molecule has 0 aromatic heterocycles. The summed E-state index contributed by atoms with van der Waals surface area (Å²) in [4.78, 5) is 12.1. The van der Waals surface area contributed by atoms with E-state index in [9.17, 15) is 4.79 Å². The summed E-state index contributed by atoms with van der Waals surface area (Å²) >= 11 is 0. The highest BCUT2D eigenvalue weighted by Crippen LogP contribution is 2.37. The molecule has 4 rings (SSSR count). The van der Waals surface area contributed by atoms with Crippen molar-refractivity contribution >= 4 is 11.5 Å². The predicted octanol–water partition coefficient (Wildman–Crippen LogP) is 6.25. The van der Waals surface area contributed by atoms with Crippen molar-refractivity contribution in [3.05, 3.63) is 95.1 Å². The highest BCUT2D eigenvalue weighted by atomic mass is 16.6. The number of hydrogen-bond acceptors (Lipinski definition) is 4. The lowest BCUT2D eigenvalue weighted by Crippen LogP contribution is -2.28. The fourth-order valence-electron chi connectivity index (χ4n) is 4.35. The molecule has 0 spiro atoms. The molecule has 34 heavy (non-hydrogen) atoms. The summed E-state index contributed by atoms with van der Waals surface area (Å²) in [6.45, 7) is 7.11. The minimum absolute atomic E-state index is 0.319. The maximum Gasteiger partial charge on any atom is 0.335 e. The third-order valence-electron chi connectivity index (χ3n) is 6.15. The molecule has 1 aliphatic carbocycles. The van der Waals surface area contributed by atoms with Crippen LogP contribution in [0.2, 0.25) is 0 Å². The van der Waals surface area contributed by atoms with Crippen LogP contribution in [-0.2, 0) is 27.1 Å². The zero-order valence-electron chi connectivity index (χ0n) is 20.2. The van der Waals surface area contributed by atoms with Gasteiger partial charge in [-0.15, -0.1) is 0 Å². The molecule has 176 valence electrons. The van der Waals surface area contributed by atoms with Crippen LogP contribution in [0.15, 0.2) is 72.8 Å². The first kappa shape index (κ1) is 23.8. The molecule has 1 aliphatic rings. The maximum atomic E-state index is 12.1. The van der Waals surface area contributed by atoms with E-state index in [1.807, 2.05) is 31.2 Å². The van der Waals surface area contributed by atoms with Gasteiger partial charge in [0.1, 0.15) is 12.4 Å². The van der Waals surface area contributed by atoms with Gasteiger partial charge in [-0.3, -0.25) is 0 Å². The number of allylic oxidation sites excluding steroid dienone is 1. The highest BCUT2D eigenvalue weighted by molar-refractivity contribution is 5.79. The molecular formula is C30H32O4. The molecule has 0 N–H and O–H groups in total. The van der Waals surface area contributed by atoms with Crippen molar-refractivity contribution in [1.82, 2.24) is 0 Å². The highest BCUT2D eigenvalue weighted by Gasteiger charge is 2.20. The Bertz CT molecular complexity index is 1160. The molecule has 0 radical (unpaired) electrons. The van der Waals surface area contributed by atoms with Crippen molar-refractivity contribution in [2.75, 3.05) is 19.8 Å². The largest absolute Gasteiger partial charge is 0.490 e. The smallest absolute Gasteiger partial charge is 0.335 e. The van der Waals surface area contributed by atoms with Gasteiger partial charge in [-0.25, -0.2) is 4.79 Å². The predicted molar refractivity (Wildman–Crippen MR) is 136 cm³/mol. The number of carbonyl (C=O) groups is 1. The Balaban J connectivity index is 1.34. The minimum Gasteiger partial charge on any atom is -0.490 e. The monoisotopic (exact) mass is 456 g/mol. The Morgan fingerprint density at radius 2 is 1.71 bits per heavy atom. The van der Waals surface area contributed by atoms with Crippen LogP contribution in [0.1, 0.15) is 43.0 Å². The van der Waals surface area contributed by atoms with Crippen LogP contribution in [0.25, 0.3) is 16.7 Å². The van der Waals surface area contributed by atoms with Gasteiger partial charge >= 0.3 is 5.97 Å². The van der Waals surface area contributed by atoms with Crippen molar-refractivity contribution in [3.8, 4) is 16.9 Å². The first-order chi connectivity index (χ1) is 16.6. The van der Waals surface area contributed by atoms with E-state index in [2.05, 4.69) is 55.5 Å². The van der Waals surface area contributed by atoms with Crippen molar-refractivity contribution in [1.29, 1.82) is 0 Å². The molecule has 1 atom stereocenters. The van der Waals surface area contributed by atoms with Gasteiger partial charge in [0.05, 0.1) is 6.61 Å². The number of benzene rings is 3. The van der Waals surface area contributed by atoms with Gasteiger partial charge in [0.15, 0.2) is 6.10 Å². The van der Waals surface area contributed by atoms with Crippen LogP contribution in [0.5, 0.6) is 5.75 Å². The molecule has 0 unspecified atom stereocenters. The molecule has 3 aromatic carbocycles. The van der Waals surface area contributed by atoms with E-state index in [1.165, 1.54) is 33.4 Å². The standard InChI is InChI=1S/C30H32O4/c1-4-32-29(30(31)33-5-2)18-22-10-13-26(14-11-22)34-17-16-21(3)23-12-15-28-25(19-23)20-24-8-6-7-9-27(24)28/h6-16,19,29H,4-5,17-18,20H2,1-3H3/t29-/m0/s1. The Morgan fingerprint density at radius 3 is 2.47 bits per heavy atom. The third-order valence-corrected chi connectivity index (χ3v) is 6.15. The lowest BCUT2D eigenvalue weighted by molar-refractivity contribution is -0.156. The van der Waals surface area contributed by atoms with E-state index < -0.39 is 6.10 Å². The van der Waals surface area contributed by atoms with Crippen molar-refractivity contribution in [2.45, 2.75) is 39.7 Å². The van der Waals surface area contributed by atoms with Gasteiger partial charge in [0.2, 0.25) is 0 Å². The number of rotatable bonds is 10. The fourth-order valence-corrected chi connectivity index (χ4v) is 4.35. The molecule has 0 heterocycles. The third kappa shape index (κ3) is 5.57. The number of ether oxygens (including phenoxy) is 3. The minimum atomic E-state index is -0.581. The van der Waals surface area contributed by atoms with Gasteiger partial charge in [-0.1, -0.05) is 54.6 Å². The molecule has 0 amide bonds. The number of carbonyl (C=O) groups excluding carboxylic acids is 1. The van der Waals surface area contributed by atoms with Crippen LogP contribution >= 0.6 is 0 Å². The average Bonchev–Trinajstić information content (AvgIpc) is 3.22. The van der Waals surface area contributed by atoms with Gasteiger partial charge < -0.3 is 14.2 Å². The molecule has 0 bridgehead atoms. The zero-order valence-corrected chi connectivity index (χ0v) is 20.2. The normalized spacial score (nSPS) is 13.2. The second-order valence-electron chi connectivity index (χ2n) is 8.45. The first-order valence-electron chi connectivity index (χ1n) is 12.0. The Morgan fingerprint density at radius 1 is 0.941 bits per heavy atom. The molecule has 0 saturated carbocycles. The van der Waals surface area contributed by atoms with E-state index in [1.54, 1.807) is 6.92 Å². The van der Waals surface area contributed by atoms with Crippen molar-refractivity contribution in [3.63, 3.8) is 0 Å². The molecule has 0 fully saturated rings. The lowest BCUT2D eigenvalue weighted by Gasteiger charge is -2.15. The summed E-state index contributed by atoms with van der Waals surface area (Å²) in [5.41, 5.74) is 8.92. The Hall–Kier alpha value is -3.37. The summed E-state index contributed by atoms with van der Waals surface area (Å²) in [5.74, 6) is 0.474. The Labute approximate surface area is 202 Å². The van der Waals surface area contributed by atoms with Crippen LogP contribution in [0.4, 0.5) is 0 Å². The average molecular weight is 457 g/mol. The van der Waals surface area contributed by atoms with E-state index in [-0.39, 0.29) is 5.97 Å². The van der Waals surface area contributed by atoms with E-state index >= 15 is 0 Å². The molecule has 4 heteroatoms. The Kier molecular flexibility index (Phi) is 7.81. The molecule has 4 nitrogen and oxygen atoms in total. The van der Waals surface area contributed by atoms with E-state index in [0.717, 1.165) is 17.7 Å². The molecule has 0 aliphatic heterocycles. The van der Waals surface area contributed by atoms with Crippen LogP contribution < -0.4 is 4.74 Å². The molecular weight excluding hydrogens is 424 g/mol. The van der Waals surface area contributed by atoms with Gasteiger partial charge in [-0.2, -0.15) is 0 Å². The summed E-state index contributed by atoms with van der Waals surface area (Å²) in [6.07, 6.45) is 3.01. The quantitative estimate of drug-likeness (QED) is 0.265. The summed E-state index contributed by atoms with van der Waals surface area (Å²) < 4.78 is 16.6. The first-order valence-corrected chi connectivity index (χ1v) is 12.0. The van der Waals surface area contributed by atoms with Gasteiger partial charge in [-0.05, 0) is 84.4 Å². The van der Waals surface area contributed by atoms with Crippen LogP contribution in [0.3, 0.4) is 0 Å². The van der Waals surface area contributed by atoms with E-state index in [4.69, 9.17) is 14.2 Å². The van der Waals surface area contributed by atoms with Gasteiger partial charge in [0.25, 0.3) is 0 Å². The van der Waals surface area contributed by atoms with Gasteiger partial charge in [0, 0.05) is 13.0 Å². The lowest BCUT2D eigenvalue weighted by atomic mass is 10.00. The fraction of sp³-hybridized carbons (Fsp3) is 0.300. The number of hydrogen-bond donors (Lipinski definition) is 0. The summed E-state index contributed by atoms with van der Waals surface area (Å²) in [7, 11) is 0. The zero-order chi connectivity index (χ0) is 23.9. The number of fused-ring (bicyclic) bond motifs is 3. The SMILES string of the molecule is CCOC(=O)[C@H](Cc1ccc(OCC=C(C)c2ccc3c(c2)Cc2ccccc2-3)cc1)OCC. The van der Waals surface area contributed by atoms with Crippen LogP contribution in [0, 0.1) is 0 Å². The maximum absolute atomic E-state index is 12.1. The van der Waals surface area contributed by atoms with Crippen LogP contribution in [-0.4, -0.2) is 31.9 Å². The van der Waals surface area contributed by atoms with Crippen molar-refractivity contribution < 1.29 is 19.0 Å².